The molecular formula is C8H13NS. The van der Waals surface area contributed by atoms with Crippen LogP contribution in [0.2, 0.25) is 0 Å². The van der Waals surface area contributed by atoms with Crippen LogP contribution in [0.4, 0.5) is 0 Å². The molecule has 0 spiro atoms. The Bertz CT molecular complexity index is 189. The van der Waals surface area contributed by atoms with Gasteiger partial charge >= 0.3 is 0 Å². The largest absolute Gasteiger partial charge is 0.249 e. The smallest absolute Gasteiger partial charge is 0.0981 e. The highest BCUT2D eigenvalue weighted by Gasteiger charge is 2.19. The molecule has 1 aromatic heterocycles. The molecule has 56 valence electrons. The molecule has 0 radical (unpaired) electrons. The Morgan fingerprint density at radius 3 is 2.70 bits per heavy atom. The van der Waals surface area contributed by atoms with Crippen LogP contribution in [0.15, 0.2) is 11.6 Å². The fourth-order valence-corrected chi connectivity index (χ4v) is 1.54. The van der Waals surface area contributed by atoms with Crippen LogP contribution in [0.1, 0.15) is 32.2 Å². The summed E-state index contributed by atoms with van der Waals surface area (Å²) in [4.78, 5) is 4.28. The lowest BCUT2D eigenvalue weighted by atomic mass is 9.91. The van der Waals surface area contributed by atoms with Gasteiger partial charge in [-0.2, -0.15) is 0 Å². The van der Waals surface area contributed by atoms with Gasteiger partial charge in [-0.05, 0) is 6.42 Å². The Balaban J connectivity index is 2.85. The molecule has 2 heteroatoms. The zero-order chi connectivity index (χ0) is 7.61. The lowest BCUT2D eigenvalue weighted by Crippen LogP contribution is -2.14. The summed E-state index contributed by atoms with van der Waals surface area (Å²) in [6.45, 7) is 6.65. The van der Waals surface area contributed by atoms with Crippen molar-refractivity contribution in [3.05, 3.63) is 16.6 Å². The fraction of sp³-hybridized carbons (Fsp3) is 0.625. The van der Waals surface area contributed by atoms with Gasteiger partial charge in [0.1, 0.15) is 0 Å². The zero-order valence-electron chi connectivity index (χ0n) is 6.72. The summed E-state index contributed by atoms with van der Waals surface area (Å²) in [6.07, 6.45) is 3.03. The molecule has 0 bridgehead atoms. The molecule has 0 saturated heterocycles. The van der Waals surface area contributed by atoms with E-state index in [-0.39, 0.29) is 5.41 Å². The molecule has 0 aliphatic heterocycles. The average molecular weight is 155 g/mol. The third-order valence-corrected chi connectivity index (χ3v) is 3.03. The Morgan fingerprint density at radius 1 is 1.60 bits per heavy atom. The van der Waals surface area contributed by atoms with E-state index in [1.165, 1.54) is 5.01 Å². The fourth-order valence-electron chi connectivity index (χ4n) is 0.709. The second kappa shape index (κ2) is 2.70. The Kier molecular flexibility index (Phi) is 2.09. The maximum absolute atomic E-state index is 4.28. The molecule has 0 fully saturated rings. The monoisotopic (exact) mass is 155 g/mol. The van der Waals surface area contributed by atoms with Gasteiger partial charge in [-0.25, -0.2) is 4.98 Å². The van der Waals surface area contributed by atoms with Crippen molar-refractivity contribution in [3.8, 4) is 0 Å². The van der Waals surface area contributed by atoms with Gasteiger partial charge < -0.3 is 0 Å². The number of rotatable bonds is 2. The predicted molar refractivity (Wildman–Crippen MR) is 45.4 cm³/mol. The second-order valence-electron chi connectivity index (χ2n) is 3.07. The molecule has 0 amide bonds. The van der Waals surface area contributed by atoms with Gasteiger partial charge in [0.2, 0.25) is 0 Å². The topological polar surface area (TPSA) is 12.9 Å². The highest BCUT2D eigenvalue weighted by atomic mass is 32.1. The van der Waals surface area contributed by atoms with Crippen molar-refractivity contribution in [1.82, 2.24) is 4.98 Å². The Morgan fingerprint density at radius 2 is 2.30 bits per heavy atom. The van der Waals surface area contributed by atoms with E-state index in [1.54, 1.807) is 11.3 Å². The van der Waals surface area contributed by atoms with E-state index >= 15 is 0 Å². The molecular weight excluding hydrogens is 142 g/mol. The Hall–Kier alpha value is -0.370. The quantitative estimate of drug-likeness (QED) is 0.640. The maximum Gasteiger partial charge on any atom is 0.0981 e. The van der Waals surface area contributed by atoms with E-state index in [2.05, 4.69) is 25.8 Å². The SMILES string of the molecule is CCC(C)(C)c1nccs1. The first kappa shape index (κ1) is 7.73. The summed E-state index contributed by atoms with van der Waals surface area (Å²) >= 11 is 1.74. The first-order valence-electron chi connectivity index (χ1n) is 3.57. The van der Waals surface area contributed by atoms with Gasteiger partial charge in [0.15, 0.2) is 0 Å². The van der Waals surface area contributed by atoms with E-state index in [1.807, 2.05) is 11.6 Å². The Labute approximate surface area is 66.1 Å². The standard InChI is InChI=1S/C8H13NS/c1-4-8(2,3)7-9-5-6-10-7/h5-6H,4H2,1-3H3. The minimum absolute atomic E-state index is 0.272. The van der Waals surface area contributed by atoms with Crippen molar-refractivity contribution >= 4 is 11.3 Å². The summed E-state index contributed by atoms with van der Waals surface area (Å²) in [7, 11) is 0. The zero-order valence-corrected chi connectivity index (χ0v) is 7.53. The van der Waals surface area contributed by atoms with E-state index < -0.39 is 0 Å². The first-order chi connectivity index (χ1) is 4.67. The van der Waals surface area contributed by atoms with E-state index in [0.717, 1.165) is 6.42 Å². The van der Waals surface area contributed by atoms with Crippen LogP contribution in [-0.2, 0) is 5.41 Å². The number of hydrogen-bond acceptors (Lipinski definition) is 2. The normalized spacial score (nSPS) is 11.9. The van der Waals surface area contributed by atoms with Crippen molar-refractivity contribution in [2.24, 2.45) is 0 Å². The summed E-state index contributed by atoms with van der Waals surface area (Å²) in [5.41, 5.74) is 0.272. The van der Waals surface area contributed by atoms with Gasteiger partial charge in [0, 0.05) is 17.0 Å². The van der Waals surface area contributed by atoms with E-state index in [9.17, 15) is 0 Å². The minimum Gasteiger partial charge on any atom is -0.249 e. The number of aromatic nitrogens is 1. The summed E-state index contributed by atoms with van der Waals surface area (Å²) in [6, 6.07) is 0. The van der Waals surface area contributed by atoms with Crippen molar-refractivity contribution in [1.29, 1.82) is 0 Å². The van der Waals surface area contributed by atoms with Crippen molar-refractivity contribution < 1.29 is 0 Å². The van der Waals surface area contributed by atoms with Crippen molar-refractivity contribution in [2.45, 2.75) is 32.6 Å². The first-order valence-corrected chi connectivity index (χ1v) is 4.45. The van der Waals surface area contributed by atoms with Crippen LogP contribution in [0.25, 0.3) is 0 Å². The van der Waals surface area contributed by atoms with Crippen molar-refractivity contribution in [2.75, 3.05) is 0 Å². The molecule has 0 atom stereocenters. The number of thiazole rings is 1. The lowest BCUT2D eigenvalue weighted by Gasteiger charge is -2.18. The number of nitrogens with zero attached hydrogens (tertiary/aromatic N) is 1. The molecule has 0 aliphatic carbocycles. The molecule has 0 aromatic carbocycles. The highest BCUT2D eigenvalue weighted by molar-refractivity contribution is 7.09. The molecule has 1 nitrogen and oxygen atoms in total. The number of hydrogen-bond donors (Lipinski definition) is 0. The highest BCUT2D eigenvalue weighted by Crippen LogP contribution is 2.27. The van der Waals surface area contributed by atoms with Crippen molar-refractivity contribution in [3.63, 3.8) is 0 Å². The molecule has 1 heterocycles. The van der Waals surface area contributed by atoms with Crippen LogP contribution >= 0.6 is 11.3 Å². The molecule has 0 aliphatic rings. The predicted octanol–water partition coefficient (Wildman–Crippen LogP) is 2.83. The van der Waals surface area contributed by atoms with Gasteiger partial charge in [0.05, 0.1) is 5.01 Å². The second-order valence-corrected chi connectivity index (χ2v) is 3.97. The summed E-state index contributed by atoms with van der Waals surface area (Å²) in [5.74, 6) is 0. The van der Waals surface area contributed by atoms with E-state index in [4.69, 9.17) is 0 Å². The molecule has 0 N–H and O–H groups in total. The summed E-state index contributed by atoms with van der Waals surface area (Å²) < 4.78 is 0. The lowest BCUT2D eigenvalue weighted by molar-refractivity contribution is 0.503. The van der Waals surface area contributed by atoms with Gasteiger partial charge in [0.25, 0.3) is 0 Å². The van der Waals surface area contributed by atoms with Gasteiger partial charge in [-0.1, -0.05) is 20.8 Å². The van der Waals surface area contributed by atoms with Crippen LogP contribution in [-0.4, -0.2) is 4.98 Å². The average Bonchev–Trinajstić information content (AvgIpc) is 2.38. The van der Waals surface area contributed by atoms with E-state index in [0.29, 0.717) is 0 Å². The molecule has 0 saturated carbocycles. The third-order valence-electron chi connectivity index (χ3n) is 1.90. The summed E-state index contributed by atoms with van der Waals surface area (Å²) in [5, 5.41) is 3.28. The van der Waals surface area contributed by atoms with Crippen LogP contribution in [0, 0.1) is 0 Å². The van der Waals surface area contributed by atoms with Gasteiger partial charge in [-0.3, -0.25) is 0 Å². The minimum atomic E-state index is 0.272. The molecule has 1 aromatic rings. The van der Waals surface area contributed by atoms with Crippen LogP contribution in [0.3, 0.4) is 0 Å². The van der Waals surface area contributed by atoms with Crippen LogP contribution in [0.5, 0.6) is 0 Å². The maximum atomic E-state index is 4.28. The third kappa shape index (κ3) is 1.37. The molecule has 1 rings (SSSR count). The van der Waals surface area contributed by atoms with Crippen LogP contribution < -0.4 is 0 Å². The van der Waals surface area contributed by atoms with Gasteiger partial charge in [-0.15, -0.1) is 11.3 Å². The molecule has 0 unspecified atom stereocenters. The molecule has 10 heavy (non-hydrogen) atoms.